The van der Waals surface area contributed by atoms with Crippen LogP contribution < -0.4 is 5.32 Å². The van der Waals surface area contributed by atoms with Crippen molar-refractivity contribution in [3.8, 4) is 11.3 Å². The lowest BCUT2D eigenvalue weighted by atomic mass is 10.1. The summed E-state index contributed by atoms with van der Waals surface area (Å²) in [7, 11) is 0. The summed E-state index contributed by atoms with van der Waals surface area (Å²) in [6, 6.07) is 13.4. The van der Waals surface area contributed by atoms with Crippen LogP contribution in [0.5, 0.6) is 0 Å². The third kappa shape index (κ3) is 4.61. The molecule has 0 aliphatic rings. The van der Waals surface area contributed by atoms with E-state index < -0.39 is 0 Å². The second-order valence-electron chi connectivity index (χ2n) is 4.73. The van der Waals surface area contributed by atoms with E-state index in [1.807, 2.05) is 47.8 Å². The zero-order chi connectivity index (χ0) is 15.9. The first-order chi connectivity index (χ1) is 11.3. The molecule has 0 aliphatic heterocycles. The van der Waals surface area contributed by atoms with Crippen molar-refractivity contribution in [2.75, 3.05) is 11.1 Å². The highest BCUT2D eigenvalue weighted by Crippen LogP contribution is 2.20. The van der Waals surface area contributed by atoms with E-state index >= 15 is 0 Å². The van der Waals surface area contributed by atoms with Gasteiger partial charge in [0.15, 0.2) is 0 Å². The zero-order valence-corrected chi connectivity index (χ0v) is 13.8. The molecule has 1 amide bonds. The first-order valence-corrected chi connectivity index (χ1v) is 8.95. The number of nitrogens with one attached hydrogen (secondary N) is 1. The average Bonchev–Trinajstić information content (AvgIpc) is 3.11. The van der Waals surface area contributed by atoms with E-state index in [0.29, 0.717) is 5.75 Å². The molecule has 2 aromatic heterocycles. The first-order valence-electron chi connectivity index (χ1n) is 6.96. The van der Waals surface area contributed by atoms with Crippen molar-refractivity contribution >= 4 is 34.9 Å². The number of benzene rings is 1. The summed E-state index contributed by atoms with van der Waals surface area (Å²) in [5.74, 6) is 1.10. The molecule has 3 rings (SSSR count). The van der Waals surface area contributed by atoms with Gasteiger partial charge in [0.2, 0.25) is 5.91 Å². The lowest BCUT2D eigenvalue weighted by Crippen LogP contribution is -2.14. The number of carbonyl (C=O) groups excluding carboxylic acids is 1. The first kappa shape index (κ1) is 15.6. The number of aromatic nitrogens is 3. The van der Waals surface area contributed by atoms with Gasteiger partial charge < -0.3 is 5.32 Å². The Bertz CT molecular complexity index is 746. The molecule has 0 spiro atoms. The number of anilines is 1. The number of carbonyl (C=O) groups is 1. The number of rotatable bonds is 6. The van der Waals surface area contributed by atoms with Gasteiger partial charge in [0.1, 0.15) is 5.69 Å². The Morgan fingerprint density at radius 1 is 1.17 bits per heavy atom. The number of hydrogen-bond donors (Lipinski definition) is 1. The van der Waals surface area contributed by atoms with Gasteiger partial charge in [0.05, 0.1) is 11.4 Å². The van der Waals surface area contributed by atoms with Gasteiger partial charge in [-0.3, -0.25) is 9.78 Å². The molecule has 2 heterocycles. The lowest BCUT2D eigenvalue weighted by molar-refractivity contribution is -0.113. The number of pyridine rings is 1. The van der Waals surface area contributed by atoms with Crippen molar-refractivity contribution in [1.29, 1.82) is 0 Å². The smallest absolute Gasteiger partial charge is 0.234 e. The molecule has 116 valence electrons. The monoisotopic (exact) mass is 342 g/mol. The van der Waals surface area contributed by atoms with Crippen molar-refractivity contribution < 1.29 is 4.79 Å². The maximum atomic E-state index is 11.9. The van der Waals surface area contributed by atoms with E-state index in [4.69, 9.17) is 0 Å². The molecule has 0 radical (unpaired) electrons. The Kier molecular flexibility index (Phi) is 5.33. The Morgan fingerprint density at radius 3 is 2.74 bits per heavy atom. The summed E-state index contributed by atoms with van der Waals surface area (Å²) in [6.07, 6.45) is 1.76. The highest BCUT2D eigenvalue weighted by Gasteiger charge is 2.05. The molecule has 0 saturated carbocycles. The molecule has 5 nitrogen and oxygen atoms in total. The van der Waals surface area contributed by atoms with Crippen LogP contribution in [0, 0.1) is 0 Å². The summed E-state index contributed by atoms with van der Waals surface area (Å²) in [6.45, 7) is 0. The van der Waals surface area contributed by atoms with Crippen LogP contribution in [0.15, 0.2) is 54.0 Å². The van der Waals surface area contributed by atoms with E-state index in [-0.39, 0.29) is 5.91 Å². The van der Waals surface area contributed by atoms with Gasteiger partial charge >= 0.3 is 0 Å². The minimum absolute atomic E-state index is 0.0194. The normalized spacial score (nSPS) is 10.4. The summed E-state index contributed by atoms with van der Waals surface area (Å²) in [5, 5.41) is 8.80. The molecule has 0 unspecified atom stereocenters. The maximum absolute atomic E-state index is 11.9. The summed E-state index contributed by atoms with van der Waals surface area (Å²) in [5.41, 5.74) is 3.59. The topological polar surface area (TPSA) is 67.8 Å². The summed E-state index contributed by atoms with van der Waals surface area (Å²) >= 11 is 2.86. The number of hydrogen-bond acceptors (Lipinski definition) is 6. The van der Waals surface area contributed by atoms with E-state index in [0.717, 1.165) is 28.4 Å². The van der Waals surface area contributed by atoms with Crippen molar-refractivity contribution in [2.45, 2.75) is 5.75 Å². The van der Waals surface area contributed by atoms with Crippen LogP contribution in [-0.4, -0.2) is 26.2 Å². The number of nitrogens with zero attached hydrogens (tertiary/aromatic N) is 3. The minimum atomic E-state index is -0.0194. The number of amides is 1. The Hall–Kier alpha value is -2.25. The molecule has 0 bridgehead atoms. The van der Waals surface area contributed by atoms with Crippen LogP contribution in [0.25, 0.3) is 11.3 Å². The fraction of sp³-hybridized carbons (Fsp3) is 0.125. The van der Waals surface area contributed by atoms with Gasteiger partial charge in [-0.25, -0.2) is 0 Å². The maximum Gasteiger partial charge on any atom is 0.234 e. The van der Waals surface area contributed by atoms with Crippen LogP contribution in [0.1, 0.15) is 5.69 Å². The van der Waals surface area contributed by atoms with Crippen molar-refractivity contribution in [1.82, 2.24) is 14.6 Å². The highest BCUT2D eigenvalue weighted by molar-refractivity contribution is 7.99. The molecule has 23 heavy (non-hydrogen) atoms. The molecule has 0 atom stereocenters. The van der Waals surface area contributed by atoms with Gasteiger partial charge in [-0.1, -0.05) is 22.7 Å². The van der Waals surface area contributed by atoms with Crippen LogP contribution in [0.2, 0.25) is 0 Å². The van der Waals surface area contributed by atoms with Crippen LogP contribution in [0.4, 0.5) is 5.69 Å². The Labute approximate surface area is 142 Å². The van der Waals surface area contributed by atoms with Gasteiger partial charge in [-0.15, -0.1) is 16.9 Å². The number of thioether (sulfide) groups is 1. The molecule has 3 aromatic rings. The van der Waals surface area contributed by atoms with Crippen molar-refractivity contribution in [3.05, 3.63) is 59.7 Å². The molecule has 0 fully saturated rings. The molecular formula is C16H14N4OS2. The fourth-order valence-electron chi connectivity index (χ4n) is 1.94. The van der Waals surface area contributed by atoms with Crippen molar-refractivity contribution in [3.63, 3.8) is 0 Å². The van der Waals surface area contributed by atoms with E-state index in [1.165, 1.54) is 11.5 Å². The zero-order valence-electron chi connectivity index (χ0n) is 12.2. The van der Waals surface area contributed by atoms with Gasteiger partial charge in [0, 0.05) is 28.6 Å². The molecule has 0 aliphatic carbocycles. The third-order valence-corrected chi connectivity index (χ3v) is 4.50. The Balaban J connectivity index is 1.48. The van der Waals surface area contributed by atoms with Crippen molar-refractivity contribution in [2.24, 2.45) is 0 Å². The summed E-state index contributed by atoms with van der Waals surface area (Å²) < 4.78 is 3.84. The Morgan fingerprint density at radius 2 is 2.04 bits per heavy atom. The summed E-state index contributed by atoms with van der Waals surface area (Å²) in [4.78, 5) is 16.2. The molecular weight excluding hydrogens is 328 g/mol. The van der Waals surface area contributed by atoms with Gasteiger partial charge in [-0.05, 0) is 35.8 Å². The van der Waals surface area contributed by atoms with Gasteiger partial charge in [-0.2, -0.15) is 0 Å². The molecule has 0 saturated heterocycles. The lowest BCUT2D eigenvalue weighted by Gasteiger charge is -2.06. The quantitative estimate of drug-likeness (QED) is 0.743. The molecule has 1 N–H and O–H groups in total. The minimum Gasteiger partial charge on any atom is -0.325 e. The predicted octanol–water partition coefficient (Wildman–Crippen LogP) is 3.47. The van der Waals surface area contributed by atoms with E-state index in [9.17, 15) is 4.79 Å². The third-order valence-electron chi connectivity index (χ3n) is 3.03. The molecule has 7 heteroatoms. The van der Waals surface area contributed by atoms with Crippen LogP contribution >= 0.6 is 23.3 Å². The second kappa shape index (κ2) is 7.85. The van der Waals surface area contributed by atoms with Crippen LogP contribution in [0.3, 0.4) is 0 Å². The standard InChI is InChI=1S/C16H14N4OS2/c21-16(11-22-9-14-3-1-2-8-17-14)18-13-6-4-12(5-7-13)15-10-23-20-19-15/h1-8,10H,9,11H2,(H,18,21). The van der Waals surface area contributed by atoms with E-state index in [1.54, 1.807) is 18.0 Å². The average molecular weight is 342 g/mol. The van der Waals surface area contributed by atoms with Gasteiger partial charge in [0.25, 0.3) is 0 Å². The SMILES string of the molecule is O=C(CSCc1ccccn1)Nc1ccc(-c2csnn2)cc1. The largest absolute Gasteiger partial charge is 0.325 e. The highest BCUT2D eigenvalue weighted by atomic mass is 32.2. The molecule has 1 aromatic carbocycles. The van der Waals surface area contributed by atoms with Crippen LogP contribution in [-0.2, 0) is 10.5 Å². The van der Waals surface area contributed by atoms with E-state index in [2.05, 4.69) is 19.9 Å². The second-order valence-corrected chi connectivity index (χ2v) is 6.32. The fourth-order valence-corrected chi connectivity index (χ4v) is 3.15. The predicted molar refractivity (Wildman–Crippen MR) is 94.4 cm³/mol.